The molecule has 0 spiro atoms. The van der Waals surface area contributed by atoms with Crippen LogP contribution < -0.4 is 11.3 Å². The number of nitrogen functional groups attached to an aromatic ring is 1. The zero-order valence-electron chi connectivity index (χ0n) is 11.1. The van der Waals surface area contributed by atoms with Crippen LogP contribution in [0.2, 0.25) is 0 Å². The van der Waals surface area contributed by atoms with E-state index in [2.05, 4.69) is 27.1 Å². The van der Waals surface area contributed by atoms with Crippen molar-refractivity contribution in [3.05, 3.63) is 51.8 Å². The number of aryl methyl sites for hydroxylation is 2. The van der Waals surface area contributed by atoms with E-state index in [1.807, 2.05) is 18.2 Å². The number of benzene rings is 1. The number of halogens is 1. The molecule has 0 fully saturated rings. The van der Waals surface area contributed by atoms with Crippen molar-refractivity contribution >= 4 is 29.4 Å². The molecule has 0 aliphatic heterocycles. The number of fused-ring (bicyclic) bond motifs is 4. The van der Waals surface area contributed by atoms with Gasteiger partial charge >= 0.3 is 0 Å². The minimum Gasteiger partial charge on any atom is -0.369 e. The fourth-order valence-corrected chi connectivity index (χ4v) is 2.79. The molecule has 0 atom stereocenters. The first-order valence-electron chi connectivity index (χ1n) is 6.50. The molecule has 0 amide bonds. The summed E-state index contributed by atoms with van der Waals surface area (Å²) in [5.74, 6) is 0.0963. The molecule has 21 heavy (non-hydrogen) atoms. The molecule has 2 aromatic heterocycles. The topological polar surface area (TPSA) is 84.7 Å². The van der Waals surface area contributed by atoms with Gasteiger partial charge in [0.15, 0.2) is 5.65 Å². The van der Waals surface area contributed by atoms with E-state index in [9.17, 15) is 4.79 Å². The highest BCUT2D eigenvalue weighted by Gasteiger charge is 2.19. The first kappa shape index (κ1) is 13.6. The molecule has 3 N–H and O–H groups in total. The van der Waals surface area contributed by atoms with Gasteiger partial charge in [0.2, 0.25) is 5.95 Å². The Balaban J connectivity index is 0.00000132. The molecular formula is C15H13ClN4O. The predicted molar refractivity (Wildman–Crippen MR) is 84.7 cm³/mol. The van der Waals surface area contributed by atoms with Gasteiger partial charge in [-0.15, -0.1) is 12.4 Å². The maximum atomic E-state index is 11.9. The number of aromatic nitrogens is 3. The summed E-state index contributed by atoms with van der Waals surface area (Å²) in [6.45, 7) is 0. The largest absolute Gasteiger partial charge is 0.369 e. The van der Waals surface area contributed by atoms with Gasteiger partial charge < -0.3 is 5.73 Å². The molecule has 4 rings (SSSR count). The van der Waals surface area contributed by atoms with Crippen LogP contribution in [0.1, 0.15) is 11.1 Å². The summed E-state index contributed by atoms with van der Waals surface area (Å²) in [5, 5.41) is 0.498. The van der Waals surface area contributed by atoms with Crippen LogP contribution in [0.5, 0.6) is 0 Å². The lowest BCUT2D eigenvalue weighted by Crippen LogP contribution is -2.14. The van der Waals surface area contributed by atoms with Crippen molar-refractivity contribution in [3.8, 4) is 11.3 Å². The summed E-state index contributed by atoms with van der Waals surface area (Å²) in [5.41, 5.74) is 10.2. The van der Waals surface area contributed by atoms with Crippen LogP contribution in [0.4, 0.5) is 5.95 Å². The Labute approximate surface area is 126 Å². The standard InChI is InChI=1S/C15H12N4O.ClH/c16-15-18-13-11(14(20)19-15)7-9-6-5-8-3-1-2-4-10(8)12(9)17-13;/h1-4,7H,5-6H2,(H3,16,17,18,19,20);1H. The summed E-state index contributed by atoms with van der Waals surface area (Å²) >= 11 is 0. The van der Waals surface area contributed by atoms with Crippen molar-refractivity contribution in [2.45, 2.75) is 12.8 Å². The van der Waals surface area contributed by atoms with Crippen LogP contribution in [0.15, 0.2) is 35.1 Å². The normalized spacial score (nSPS) is 12.4. The second-order valence-electron chi connectivity index (χ2n) is 4.98. The lowest BCUT2D eigenvalue weighted by molar-refractivity contribution is 0.930. The van der Waals surface area contributed by atoms with E-state index >= 15 is 0 Å². The summed E-state index contributed by atoms with van der Waals surface area (Å²) in [6, 6.07) is 10.1. The van der Waals surface area contributed by atoms with E-state index in [0.29, 0.717) is 11.0 Å². The molecular weight excluding hydrogens is 288 g/mol. The van der Waals surface area contributed by atoms with Gasteiger partial charge in [0, 0.05) is 5.56 Å². The Kier molecular flexibility index (Phi) is 3.14. The lowest BCUT2D eigenvalue weighted by atomic mass is 9.89. The van der Waals surface area contributed by atoms with Crippen molar-refractivity contribution in [3.63, 3.8) is 0 Å². The number of nitrogens with two attached hydrogens (primary N) is 1. The van der Waals surface area contributed by atoms with Gasteiger partial charge in [-0.05, 0) is 30.0 Å². The fraction of sp³-hybridized carbons (Fsp3) is 0.133. The van der Waals surface area contributed by atoms with E-state index in [-0.39, 0.29) is 23.9 Å². The molecule has 6 heteroatoms. The van der Waals surface area contributed by atoms with Crippen molar-refractivity contribution < 1.29 is 0 Å². The van der Waals surface area contributed by atoms with Crippen molar-refractivity contribution in [2.24, 2.45) is 0 Å². The van der Waals surface area contributed by atoms with Gasteiger partial charge in [-0.2, -0.15) is 4.98 Å². The van der Waals surface area contributed by atoms with Gasteiger partial charge in [-0.1, -0.05) is 24.3 Å². The molecule has 1 aliphatic rings. The molecule has 0 saturated heterocycles. The number of nitrogens with zero attached hydrogens (tertiary/aromatic N) is 2. The zero-order valence-corrected chi connectivity index (χ0v) is 11.9. The van der Waals surface area contributed by atoms with Crippen LogP contribution in [-0.4, -0.2) is 15.0 Å². The number of pyridine rings is 1. The minimum absolute atomic E-state index is 0. The van der Waals surface area contributed by atoms with E-state index < -0.39 is 0 Å². The quantitative estimate of drug-likeness (QED) is 0.666. The van der Waals surface area contributed by atoms with Crippen LogP contribution in [0.25, 0.3) is 22.3 Å². The van der Waals surface area contributed by atoms with Gasteiger partial charge in [0.1, 0.15) is 0 Å². The molecule has 106 valence electrons. The van der Waals surface area contributed by atoms with Gasteiger partial charge in [-0.25, -0.2) is 4.98 Å². The molecule has 0 saturated carbocycles. The van der Waals surface area contributed by atoms with Crippen molar-refractivity contribution in [1.82, 2.24) is 15.0 Å². The van der Waals surface area contributed by atoms with Crippen LogP contribution in [0, 0.1) is 0 Å². The SMILES string of the molecule is Cl.Nc1nc2nc3c(cc2c(=O)[nH]1)CCc1ccccc1-3. The first-order chi connectivity index (χ1) is 9.72. The molecule has 1 aliphatic carbocycles. The molecule has 1 aromatic carbocycles. The smallest absolute Gasteiger partial charge is 0.261 e. The fourth-order valence-electron chi connectivity index (χ4n) is 2.79. The number of hydrogen-bond donors (Lipinski definition) is 2. The number of anilines is 1. The number of aromatic amines is 1. The Morgan fingerprint density at radius 1 is 1.10 bits per heavy atom. The van der Waals surface area contributed by atoms with Gasteiger partial charge in [0.05, 0.1) is 11.1 Å². The van der Waals surface area contributed by atoms with Gasteiger partial charge in [-0.3, -0.25) is 9.78 Å². The summed E-state index contributed by atoms with van der Waals surface area (Å²) < 4.78 is 0. The van der Waals surface area contributed by atoms with Crippen molar-refractivity contribution in [2.75, 3.05) is 5.73 Å². The number of hydrogen-bond acceptors (Lipinski definition) is 4. The molecule has 3 aromatic rings. The highest BCUT2D eigenvalue weighted by atomic mass is 35.5. The Morgan fingerprint density at radius 3 is 2.71 bits per heavy atom. The molecule has 0 unspecified atom stereocenters. The maximum Gasteiger partial charge on any atom is 0.261 e. The number of H-pyrrole nitrogens is 1. The second-order valence-corrected chi connectivity index (χ2v) is 4.98. The predicted octanol–water partition coefficient (Wildman–Crippen LogP) is 2.09. The lowest BCUT2D eigenvalue weighted by Gasteiger charge is -2.18. The Hall–Kier alpha value is -2.40. The third-order valence-corrected chi connectivity index (χ3v) is 3.73. The monoisotopic (exact) mass is 300 g/mol. The molecule has 0 bridgehead atoms. The number of nitrogens with one attached hydrogen (secondary N) is 1. The van der Waals surface area contributed by atoms with Crippen LogP contribution in [-0.2, 0) is 12.8 Å². The molecule has 5 nitrogen and oxygen atoms in total. The van der Waals surface area contributed by atoms with Crippen LogP contribution in [0.3, 0.4) is 0 Å². The molecule has 0 radical (unpaired) electrons. The Morgan fingerprint density at radius 2 is 1.86 bits per heavy atom. The average molecular weight is 301 g/mol. The number of rotatable bonds is 0. The van der Waals surface area contributed by atoms with E-state index in [0.717, 1.165) is 29.7 Å². The minimum atomic E-state index is -0.235. The summed E-state index contributed by atoms with van der Waals surface area (Å²) in [7, 11) is 0. The average Bonchev–Trinajstić information content (AvgIpc) is 2.45. The van der Waals surface area contributed by atoms with E-state index in [1.54, 1.807) is 0 Å². The van der Waals surface area contributed by atoms with Crippen LogP contribution >= 0.6 is 12.4 Å². The zero-order chi connectivity index (χ0) is 13.7. The van der Waals surface area contributed by atoms with Gasteiger partial charge in [0.25, 0.3) is 5.56 Å². The second kappa shape index (κ2) is 4.86. The van der Waals surface area contributed by atoms with E-state index in [4.69, 9.17) is 5.73 Å². The highest BCUT2D eigenvalue weighted by molar-refractivity contribution is 5.85. The molecule has 2 heterocycles. The third kappa shape index (κ3) is 2.06. The maximum absolute atomic E-state index is 11.9. The summed E-state index contributed by atoms with van der Waals surface area (Å²) in [4.78, 5) is 23.1. The van der Waals surface area contributed by atoms with E-state index in [1.165, 1.54) is 5.56 Å². The highest BCUT2D eigenvalue weighted by Crippen LogP contribution is 2.32. The first-order valence-corrected chi connectivity index (χ1v) is 6.50. The summed E-state index contributed by atoms with van der Waals surface area (Å²) in [6.07, 6.45) is 1.86. The third-order valence-electron chi connectivity index (χ3n) is 3.73. The van der Waals surface area contributed by atoms with Crippen molar-refractivity contribution in [1.29, 1.82) is 0 Å². The Bertz CT molecular complexity index is 904.